The molecule has 0 radical (unpaired) electrons. The molecule has 2 nitrogen and oxygen atoms in total. The lowest BCUT2D eigenvalue weighted by molar-refractivity contribution is 0.0273. The molecule has 1 aliphatic carbocycles. The van der Waals surface area contributed by atoms with Crippen molar-refractivity contribution in [2.75, 3.05) is 6.54 Å². The predicted molar refractivity (Wildman–Crippen MR) is 111 cm³/mol. The molecule has 1 aliphatic rings. The predicted octanol–water partition coefficient (Wildman–Crippen LogP) is 6.05. The second-order valence-electron chi connectivity index (χ2n) is 6.71. The van der Waals surface area contributed by atoms with Crippen LogP contribution in [0, 0.1) is 5.92 Å². The lowest BCUT2D eigenvalue weighted by Gasteiger charge is -2.36. The Morgan fingerprint density at radius 2 is 1.83 bits per heavy atom. The summed E-state index contributed by atoms with van der Waals surface area (Å²) in [4.78, 5) is 0. The minimum absolute atomic E-state index is 0.594. The van der Waals surface area contributed by atoms with Crippen LogP contribution < -0.4 is 4.72 Å². The highest BCUT2D eigenvalue weighted by molar-refractivity contribution is 7.97. The molecule has 0 atom stereocenters. The van der Waals surface area contributed by atoms with Crippen LogP contribution in [0.25, 0.3) is 0 Å². The molecule has 0 unspecified atom stereocenters. The maximum atomic E-state index is 10.7. The van der Waals surface area contributed by atoms with E-state index in [1.54, 1.807) is 11.9 Å². The second-order valence-corrected chi connectivity index (χ2v) is 8.18. The first-order valence-electron chi connectivity index (χ1n) is 9.53. The minimum Gasteiger partial charge on any atom is -0.385 e. The third kappa shape index (κ3) is 9.10. The Labute approximate surface area is 155 Å². The molecular formula is C21H39NOS. The van der Waals surface area contributed by atoms with Crippen molar-refractivity contribution in [1.29, 1.82) is 0 Å². The average molecular weight is 354 g/mol. The summed E-state index contributed by atoms with van der Waals surface area (Å²) in [6.45, 7) is 19.7. The highest BCUT2D eigenvalue weighted by atomic mass is 32.2. The summed E-state index contributed by atoms with van der Waals surface area (Å²) >= 11 is 1.75. The van der Waals surface area contributed by atoms with Gasteiger partial charge in [0.2, 0.25) is 0 Å². The topological polar surface area (TPSA) is 32.3 Å². The van der Waals surface area contributed by atoms with Crippen molar-refractivity contribution in [3.63, 3.8) is 0 Å². The van der Waals surface area contributed by atoms with Crippen LogP contribution in [0.2, 0.25) is 0 Å². The van der Waals surface area contributed by atoms with E-state index in [2.05, 4.69) is 38.7 Å². The van der Waals surface area contributed by atoms with E-state index in [0.29, 0.717) is 5.25 Å². The van der Waals surface area contributed by atoms with E-state index in [1.165, 1.54) is 6.42 Å². The monoisotopic (exact) mass is 353 g/mol. The summed E-state index contributed by atoms with van der Waals surface area (Å²) in [6.07, 6.45) is 10.0. The molecule has 0 aromatic rings. The van der Waals surface area contributed by atoms with E-state index < -0.39 is 5.60 Å². The third-order valence-electron chi connectivity index (χ3n) is 4.49. The van der Waals surface area contributed by atoms with Gasteiger partial charge in [-0.3, -0.25) is 4.72 Å². The highest BCUT2D eigenvalue weighted by Crippen LogP contribution is 2.38. The zero-order chi connectivity index (χ0) is 18.6. The van der Waals surface area contributed by atoms with Crippen molar-refractivity contribution in [1.82, 2.24) is 4.72 Å². The molecule has 0 heterocycles. The van der Waals surface area contributed by atoms with Gasteiger partial charge in [0.25, 0.3) is 0 Å². The molecule has 0 bridgehead atoms. The van der Waals surface area contributed by atoms with Crippen LogP contribution in [0.4, 0.5) is 0 Å². The number of hydrogen-bond donors (Lipinski definition) is 2. The molecule has 0 aromatic carbocycles. The molecule has 24 heavy (non-hydrogen) atoms. The Hall–Kier alpha value is -0.510. The van der Waals surface area contributed by atoms with Crippen molar-refractivity contribution in [2.24, 2.45) is 5.92 Å². The van der Waals surface area contributed by atoms with Crippen LogP contribution in [-0.2, 0) is 0 Å². The summed E-state index contributed by atoms with van der Waals surface area (Å²) < 4.78 is 3.34. The van der Waals surface area contributed by atoms with Gasteiger partial charge < -0.3 is 5.11 Å². The lowest BCUT2D eigenvalue weighted by Crippen LogP contribution is -2.35. The molecule has 0 spiro atoms. The first-order valence-corrected chi connectivity index (χ1v) is 10.4. The molecule has 140 valence electrons. The van der Waals surface area contributed by atoms with Gasteiger partial charge in [-0.2, -0.15) is 0 Å². The van der Waals surface area contributed by atoms with E-state index in [0.717, 1.165) is 55.7 Å². The summed E-state index contributed by atoms with van der Waals surface area (Å²) in [5.74, 6) is 0.775. The van der Waals surface area contributed by atoms with Gasteiger partial charge in [-0.1, -0.05) is 83.9 Å². The Balaban J connectivity index is 0.00000254. The molecule has 1 fully saturated rings. The van der Waals surface area contributed by atoms with Crippen molar-refractivity contribution in [2.45, 2.75) is 84.0 Å². The zero-order valence-corrected chi connectivity index (χ0v) is 17.3. The normalized spacial score (nSPS) is 23.9. The molecule has 1 rings (SSSR count). The first kappa shape index (κ1) is 23.5. The maximum absolute atomic E-state index is 10.7. The number of rotatable bonds is 9. The maximum Gasteiger partial charge on any atom is 0.0891 e. The Bertz CT molecular complexity index is 393. The number of hydrogen-bond acceptors (Lipinski definition) is 3. The molecule has 0 aliphatic heterocycles. The molecule has 3 heteroatoms. The van der Waals surface area contributed by atoms with E-state index >= 15 is 0 Å². The first-order chi connectivity index (χ1) is 11.4. The molecule has 2 N–H and O–H groups in total. The minimum atomic E-state index is -0.700. The quantitative estimate of drug-likeness (QED) is 0.301. The Morgan fingerprint density at radius 3 is 2.33 bits per heavy atom. The summed E-state index contributed by atoms with van der Waals surface area (Å²) in [6, 6.07) is 0. The summed E-state index contributed by atoms with van der Waals surface area (Å²) in [5.41, 5.74) is 1.21. The van der Waals surface area contributed by atoms with Crippen LogP contribution in [0.1, 0.15) is 73.1 Å². The van der Waals surface area contributed by atoms with Gasteiger partial charge >= 0.3 is 0 Å². The molecule has 0 aromatic heterocycles. The molecule has 1 saturated carbocycles. The van der Waals surface area contributed by atoms with Gasteiger partial charge in [0.1, 0.15) is 0 Å². The van der Waals surface area contributed by atoms with Gasteiger partial charge in [-0.25, -0.2) is 0 Å². The van der Waals surface area contributed by atoms with Crippen LogP contribution in [0.5, 0.6) is 0 Å². The van der Waals surface area contributed by atoms with E-state index in [4.69, 9.17) is 0 Å². The molecule has 0 amide bonds. The van der Waals surface area contributed by atoms with Gasteiger partial charge in [0.05, 0.1) is 5.60 Å². The van der Waals surface area contributed by atoms with Crippen molar-refractivity contribution in [3.8, 4) is 0 Å². The third-order valence-corrected chi connectivity index (χ3v) is 5.34. The van der Waals surface area contributed by atoms with E-state index in [9.17, 15) is 5.11 Å². The van der Waals surface area contributed by atoms with Crippen LogP contribution in [-0.4, -0.2) is 22.5 Å². The zero-order valence-electron chi connectivity index (χ0n) is 16.5. The fourth-order valence-electron chi connectivity index (χ4n) is 2.78. The SMILES string of the molecule is C=C(/C=C\C(=C)C1(O)CCC(CC)CC1)CCNSC(C)C.CC. The smallest absolute Gasteiger partial charge is 0.0891 e. The standard InChI is InChI=1S/C19H33NOS.C2H6/c1-6-18-9-12-19(21,13-10-18)17(5)8-7-16(4)11-14-20-22-15(2)3;1-2/h7-8,15,18,20-21H,4-6,9-14H2,1-3H3;1-2H3/b8-7-;. The fourth-order valence-corrected chi connectivity index (χ4v) is 3.33. The summed E-state index contributed by atoms with van der Waals surface area (Å²) in [7, 11) is 0. The van der Waals surface area contributed by atoms with Crippen LogP contribution >= 0.6 is 11.9 Å². The average Bonchev–Trinajstić information content (AvgIpc) is 2.59. The van der Waals surface area contributed by atoms with Gasteiger partial charge in [0, 0.05) is 11.8 Å². The Morgan fingerprint density at radius 1 is 1.25 bits per heavy atom. The molecular weight excluding hydrogens is 314 g/mol. The molecule has 0 saturated heterocycles. The second kappa shape index (κ2) is 12.8. The van der Waals surface area contributed by atoms with Crippen molar-refractivity contribution >= 4 is 11.9 Å². The summed E-state index contributed by atoms with van der Waals surface area (Å²) in [5, 5.41) is 11.3. The number of aliphatic hydroxyl groups is 1. The fraction of sp³-hybridized carbons (Fsp3) is 0.714. The lowest BCUT2D eigenvalue weighted by atomic mass is 9.74. The van der Waals surface area contributed by atoms with Crippen LogP contribution in [0.3, 0.4) is 0 Å². The largest absolute Gasteiger partial charge is 0.385 e. The Kier molecular flexibility index (Phi) is 12.5. The number of nitrogens with one attached hydrogen (secondary N) is 1. The van der Waals surface area contributed by atoms with Gasteiger partial charge in [0.15, 0.2) is 0 Å². The van der Waals surface area contributed by atoms with E-state index in [1.807, 2.05) is 26.0 Å². The van der Waals surface area contributed by atoms with E-state index in [-0.39, 0.29) is 0 Å². The number of allylic oxidation sites excluding steroid dienone is 1. The highest BCUT2D eigenvalue weighted by Gasteiger charge is 2.33. The van der Waals surface area contributed by atoms with Crippen molar-refractivity contribution < 1.29 is 5.11 Å². The van der Waals surface area contributed by atoms with Gasteiger partial charge in [-0.15, -0.1) is 0 Å². The van der Waals surface area contributed by atoms with Crippen molar-refractivity contribution in [3.05, 3.63) is 36.5 Å². The van der Waals surface area contributed by atoms with Crippen LogP contribution in [0.15, 0.2) is 36.5 Å². The van der Waals surface area contributed by atoms with Gasteiger partial charge in [-0.05, 0) is 43.6 Å².